The molecule has 0 bridgehead atoms. The van der Waals surface area contributed by atoms with E-state index in [0.29, 0.717) is 6.61 Å². The molecule has 76 valence electrons. The maximum absolute atomic E-state index is 10.1. The predicted molar refractivity (Wildman–Crippen MR) is 57.0 cm³/mol. The zero-order valence-electron chi connectivity index (χ0n) is 8.44. The molecule has 0 aliphatic carbocycles. The molecule has 0 fully saturated rings. The standard InChI is InChI=1S/C12H16O2/c1-3-9-14-10-12(2,13)11-7-5-4-6-8-11/h3-8,13H,1,9-10H2,2H3. The van der Waals surface area contributed by atoms with Crippen LogP contribution in [0.4, 0.5) is 0 Å². The van der Waals surface area contributed by atoms with Crippen LogP contribution < -0.4 is 0 Å². The Balaban J connectivity index is 2.61. The Labute approximate surface area is 84.8 Å². The molecule has 0 radical (unpaired) electrons. The van der Waals surface area contributed by atoms with Gasteiger partial charge in [0.1, 0.15) is 5.60 Å². The Hall–Kier alpha value is -1.12. The highest BCUT2D eigenvalue weighted by molar-refractivity contribution is 5.21. The van der Waals surface area contributed by atoms with Gasteiger partial charge < -0.3 is 9.84 Å². The van der Waals surface area contributed by atoms with Crippen molar-refractivity contribution >= 4 is 0 Å². The lowest BCUT2D eigenvalue weighted by Gasteiger charge is -2.23. The van der Waals surface area contributed by atoms with Crippen LogP contribution in [0.15, 0.2) is 43.0 Å². The fraction of sp³-hybridized carbons (Fsp3) is 0.333. The summed E-state index contributed by atoms with van der Waals surface area (Å²) in [6.07, 6.45) is 1.67. The summed E-state index contributed by atoms with van der Waals surface area (Å²) in [5.74, 6) is 0. The van der Waals surface area contributed by atoms with Crippen LogP contribution in [0.2, 0.25) is 0 Å². The minimum absolute atomic E-state index is 0.281. The van der Waals surface area contributed by atoms with Gasteiger partial charge in [0.15, 0.2) is 0 Å². The van der Waals surface area contributed by atoms with Gasteiger partial charge in [-0.3, -0.25) is 0 Å². The van der Waals surface area contributed by atoms with E-state index >= 15 is 0 Å². The smallest absolute Gasteiger partial charge is 0.110 e. The number of rotatable bonds is 5. The second kappa shape index (κ2) is 4.94. The lowest BCUT2D eigenvalue weighted by Crippen LogP contribution is -2.27. The fourth-order valence-electron chi connectivity index (χ4n) is 1.22. The van der Waals surface area contributed by atoms with Crippen molar-refractivity contribution in [2.24, 2.45) is 0 Å². The lowest BCUT2D eigenvalue weighted by atomic mass is 9.97. The van der Waals surface area contributed by atoms with Crippen LogP contribution in [0, 0.1) is 0 Å². The number of ether oxygens (including phenoxy) is 1. The number of hydrogen-bond acceptors (Lipinski definition) is 2. The maximum Gasteiger partial charge on any atom is 0.110 e. The SMILES string of the molecule is C=CCOCC(C)(O)c1ccccc1. The fourth-order valence-corrected chi connectivity index (χ4v) is 1.22. The van der Waals surface area contributed by atoms with Crippen molar-refractivity contribution < 1.29 is 9.84 Å². The largest absolute Gasteiger partial charge is 0.383 e. The Morgan fingerprint density at radius 3 is 2.64 bits per heavy atom. The molecular weight excluding hydrogens is 176 g/mol. The summed E-state index contributed by atoms with van der Waals surface area (Å²) in [5.41, 5.74) is -0.0614. The third-order valence-corrected chi connectivity index (χ3v) is 2.01. The van der Waals surface area contributed by atoms with Gasteiger partial charge in [0.05, 0.1) is 13.2 Å². The maximum atomic E-state index is 10.1. The van der Waals surface area contributed by atoms with Gasteiger partial charge in [0.25, 0.3) is 0 Å². The summed E-state index contributed by atoms with van der Waals surface area (Å²) >= 11 is 0. The van der Waals surface area contributed by atoms with Gasteiger partial charge in [0, 0.05) is 0 Å². The Morgan fingerprint density at radius 2 is 2.07 bits per heavy atom. The molecule has 1 aromatic carbocycles. The van der Waals surface area contributed by atoms with Crippen molar-refractivity contribution in [3.8, 4) is 0 Å². The van der Waals surface area contributed by atoms with Gasteiger partial charge in [-0.2, -0.15) is 0 Å². The average Bonchev–Trinajstić information content (AvgIpc) is 2.19. The second-order valence-corrected chi connectivity index (χ2v) is 3.44. The van der Waals surface area contributed by atoms with Crippen molar-refractivity contribution in [3.63, 3.8) is 0 Å². The molecule has 0 aromatic heterocycles. The zero-order valence-corrected chi connectivity index (χ0v) is 8.44. The molecule has 0 spiro atoms. The van der Waals surface area contributed by atoms with Gasteiger partial charge in [0.2, 0.25) is 0 Å². The summed E-state index contributed by atoms with van der Waals surface area (Å²) in [6, 6.07) is 9.49. The molecule has 0 saturated carbocycles. The molecule has 1 atom stereocenters. The van der Waals surface area contributed by atoms with Crippen molar-refractivity contribution in [1.82, 2.24) is 0 Å². The molecule has 2 nitrogen and oxygen atoms in total. The first kappa shape index (κ1) is 11.0. The highest BCUT2D eigenvalue weighted by atomic mass is 16.5. The summed E-state index contributed by atoms with van der Waals surface area (Å²) in [5, 5.41) is 10.1. The first-order valence-corrected chi connectivity index (χ1v) is 4.63. The highest BCUT2D eigenvalue weighted by Crippen LogP contribution is 2.20. The van der Waals surface area contributed by atoms with Crippen LogP contribution in [-0.4, -0.2) is 18.3 Å². The molecule has 1 rings (SSSR count). The number of aliphatic hydroxyl groups is 1. The minimum atomic E-state index is -0.926. The lowest BCUT2D eigenvalue weighted by molar-refractivity contribution is -0.0302. The minimum Gasteiger partial charge on any atom is -0.383 e. The van der Waals surface area contributed by atoms with E-state index < -0.39 is 5.60 Å². The van der Waals surface area contributed by atoms with E-state index in [0.717, 1.165) is 5.56 Å². The van der Waals surface area contributed by atoms with Gasteiger partial charge in [-0.15, -0.1) is 6.58 Å². The van der Waals surface area contributed by atoms with Gasteiger partial charge >= 0.3 is 0 Å². The quantitative estimate of drug-likeness (QED) is 0.572. The Bertz CT molecular complexity index is 278. The first-order chi connectivity index (χ1) is 6.67. The molecular formula is C12H16O2. The summed E-state index contributed by atoms with van der Waals surface area (Å²) in [7, 11) is 0. The summed E-state index contributed by atoms with van der Waals surface area (Å²) in [6.45, 7) is 6.03. The molecule has 0 aliphatic heterocycles. The van der Waals surface area contributed by atoms with Crippen molar-refractivity contribution in [3.05, 3.63) is 48.6 Å². The van der Waals surface area contributed by atoms with E-state index in [-0.39, 0.29) is 6.61 Å². The van der Waals surface area contributed by atoms with E-state index in [4.69, 9.17) is 4.74 Å². The van der Waals surface area contributed by atoms with Crippen LogP contribution >= 0.6 is 0 Å². The second-order valence-electron chi connectivity index (χ2n) is 3.44. The van der Waals surface area contributed by atoms with Crippen molar-refractivity contribution in [2.45, 2.75) is 12.5 Å². The van der Waals surface area contributed by atoms with Crippen LogP contribution in [-0.2, 0) is 10.3 Å². The zero-order chi connectivity index (χ0) is 10.4. The normalized spacial score (nSPS) is 14.7. The van der Waals surface area contributed by atoms with E-state index in [1.54, 1.807) is 13.0 Å². The molecule has 0 heterocycles. The van der Waals surface area contributed by atoms with Crippen LogP contribution in [0.1, 0.15) is 12.5 Å². The molecule has 14 heavy (non-hydrogen) atoms. The predicted octanol–water partition coefficient (Wildman–Crippen LogP) is 2.10. The molecule has 0 amide bonds. The molecule has 0 saturated heterocycles. The summed E-state index contributed by atoms with van der Waals surface area (Å²) < 4.78 is 5.23. The Kier molecular flexibility index (Phi) is 3.86. The number of benzene rings is 1. The molecule has 1 unspecified atom stereocenters. The number of hydrogen-bond donors (Lipinski definition) is 1. The topological polar surface area (TPSA) is 29.5 Å². The van der Waals surface area contributed by atoms with Crippen LogP contribution in [0.25, 0.3) is 0 Å². The van der Waals surface area contributed by atoms with Crippen LogP contribution in [0.3, 0.4) is 0 Å². The molecule has 2 heteroatoms. The van der Waals surface area contributed by atoms with Gasteiger partial charge in [-0.1, -0.05) is 36.4 Å². The Morgan fingerprint density at radius 1 is 1.43 bits per heavy atom. The molecule has 0 aliphatic rings. The average molecular weight is 192 g/mol. The van der Waals surface area contributed by atoms with Crippen LogP contribution in [0.5, 0.6) is 0 Å². The van der Waals surface area contributed by atoms with Crippen molar-refractivity contribution in [1.29, 1.82) is 0 Å². The third-order valence-electron chi connectivity index (χ3n) is 2.01. The highest BCUT2D eigenvalue weighted by Gasteiger charge is 2.22. The van der Waals surface area contributed by atoms with Gasteiger partial charge in [-0.25, -0.2) is 0 Å². The van der Waals surface area contributed by atoms with E-state index in [1.807, 2.05) is 30.3 Å². The van der Waals surface area contributed by atoms with Crippen molar-refractivity contribution in [2.75, 3.05) is 13.2 Å². The summed E-state index contributed by atoms with van der Waals surface area (Å²) in [4.78, 5) is 0. The third kappa shape index (κ3) is 2.98. The van der Waals surface area contributed by atoms with E-state index in [9.17, 15) is 5.11 Å². The first-order valence-electron chi connectivity index (χ1n) is 4.63. The molecule has 1 N–H and O–H groups in total. The molecule has 1 aromatic rings. The van der Waals surface area contributed by atoms with E-state index in [1.165, 1.54) is 0 Å². The van der Waals surface area contributed by atoms with E-state index in [2.05, 4.69) is 6.58 Å². The van der Waals surface area contributed by atoms with Gasteiger partial charge in [-0.05, 0) is 12.5 Å². The monoisotopic (exact) mass is 192 g/mol.